The Morgan fingerprint density at radius 1 is 1.17 bits per heavy atom. The first-order chi connectivity index (χ1) is 8.83. The first-order valence-corrected chi connectivity index (χ1v) is 7.31. The third-order valence-corrected chi connectivity index (χ3v) is 3.81. The Balaban J connectivity index is 1.94. The zero-order valence-corrected chi connectivity index (χ0v) is 11.7. The molecular weight excluding hydrogens is 222 g/mol. The van der Waals surface area contributed by atoms with Gasteiger partial charge in [-0.15, -0.1) is 0 Å². The maximum absolute atomic E-state index is 4.55. The second kappa shape index (κ2) is 6.62. The van der Waals surface area contributed by atoms with Crippen LogP contribution >= 0.6 is 0 Å². The Morgan fingerprint density at radius 3 is 2.44 bits per heavy atom. The number of nitrogens with one attached hydrogen (secondary N) is 1. The number of aromatic nitrogens is 1. The van der Waals surface area contributed by atoms with Crippen LogP contribution in [0.1, 0.15) is 46.0 Å². The van der Waals surface area contributed by atoms with Gasteiger partial charge in [0.1, 0.15) is 5.82 Å². The van der Waals surface area contributed by atoms with Crippen molar-refractivity contribution in [2.45, 2.75) is 52.0 Å². The number of nitrogens with zero attached hydrogens (tertiary/aromatic N) is 2. The third kappa shape index (κ3) is 3.37. The van der Waals surface area contributed by atoms with Crippen molar-refractivity contribution >= 4 is 11.5 Å². The Hall–Kier alpha value is -1.25. The van der Waals surface area contributed by atoms with Crippen LogP contribution in [-0.2, 0) is 0 Å². The van der Waals surface area contributed by atoms with Gasteiger partial charge in [-0.2, -0.15) is 0 Å². The average molecular weight is 247 g/mol. The van der Waals surface area contributed by atoms with Gasteiger partial charge in [0.25, 0.3) is 0 Å². The van der Waals surface area contributed by atoms with Gasteiger partial charge in [-0.1, -0.05) is 19.3 Å². The lowest BCUT2D eigenvalue weighted by Crippen LogP contribution is -2.24. The van der Waals surface area contributed by atoms with Crippen LogP contribution in [-0.4, -0.2) is 24.1 Å². The van der Waals surface area contributed by atoms with E-state index in [1.54, 1.807) is 0 Å². The van der Waals surface area contributed by atoms with Gasteiger partial charge in [0.05, 0.1) is 11.9 Å². The summed E-state index contributed by atoms with van der Waals surface area (Å²) in [5, 5.41) is 3.60. The van der Waals surface area contributed by atoms with Crippen molar-refractivity contribution in [1.29, 1.82) is 0 Å². The van der Waals surface area contributed by atoms with Crippen molar-refractivity contribution in [3.05, 3.63) is 18.3 Å². The molecule has 0 unspecified atom stereocenters. The lowest BCUT2D eigenvalue weighted by molar-refractivity contribution is 0.462. The van der Waals surface area contributed by atoms with Crippen molar-refractivity contribution < 1.29 is 0 Å². The molecule has 1 aliphatic carbocycles. The molecule has 0 aromatic carbocycles. The predicted octanol–water partition coefficient (Wildman–Crippen LogP) is 3.67. The van der Waals surface area contributed by atoms with Gasteiger partial charge in [-0.3, -0.25) is 0 Å². The second-order valence-electron chi connectivity index (χ2n) is 5.06. The molecule has 3 heteroatoms. The Bertz CT molecular complexity index is 337. The lowest BCUT2D eigenvalue weighted by Gasteiger charge is -2.24. The SMILES string of the molecule is CCN(CC)c1ccc(NC2CCCCC2)cn1. The topological polar surface area (TPSA) is 28.2 Å². The molecule has 1 saturated carbocycles. The highest BCUT2D eigenvalue weighted by Crippen LogP contribution is 2.22. The monoisotopic (exact) mass is 247 g/mol. The Morgan fingerprint density at radius 2 is 1.89 bits per heavy atom. The van der Waals surface area contributed by atoms with E-state index < -0.39 is 0 Å². The highest BCUT2D eigenvalue weighted by molar-refractivity contribution is 5.49. The normalized spacial score (nSPS) is 16.6. The standard InChI is InChI=1S/C15H25N3/c1-3-18(4-2)15-11-10-14(12-16-15)17-13-8-6-5-7-9-13/h10-13,17H,3-9H2,1-2H3. The van der Waals surface area contributed by atoms with E-state index in [4.69, 9.17) is 0 Å². The highest BCUT2D eigenvalue weighted by atomic mass is 15.2. The van der Waals surface area contributed by atoms with Crippen LogP contribution in [0.5, 0.6) is 0 Å². The number of pyridine rings is 1. The molecule has 1 N–H and O–H groups in total. The van der Waals surface area contributed by atoms with Gasteiger partial charge >= 0.3 is 0 Å². The van der Waals surface area contributed by atoms with E-state index in [1.807, 2.05) is 6.20 Å². The lowest BCUT2D eigenvalue weighted by atomic mass is 9.95. The average Bonchev–Trinajstić information content (AvgIpc) is 2.43. The van der Waals surface area contributed by atoms with Crippen LogP contribution in [0.15, 0.2) is 18.3 Å². The minimum Gasteiger partial charge on any atom is -0.381 e. The Kier molecular flexibility index (Phi) is 4.85. The minimum atomic E-state index is 0.653. The van der Waals surface area contributed by atoms with Crippen molar-refractivity contribution in [3.63, 3.8) is 0 Å². The van der Waals surface area contributed by atoms with Crippen molar-refractivity contribution in [3.8, 4) is 0 Å². The fraction of sp³-hybridized carbons (Fsp3) is 0.667. The molecule has 100 valence electrons. The third-order valence-electron chi connectivity index (χ3n) is 3.81. The van der Waals surface area contributed by atoms with Crippen LogP contribution in [0, 0.1) is 0 Å². The van der Waals surface area contributed by atoms with E-state index in [9.17, 15) is 0 Å². The summed E-state index contributed by atoms with van der Waals surface area (Å²) in [5.74, 6) is 1.08. The first-order valence-electron chi connectivity index (χ1n) is 7.31. The Labute approximate surface area is 111 Å². The zero-order chi connectivity index (χ0) is 12.8. The van der Waals surface area contributed by atoms with Crippen molar-refractivity contribution in [2.75, 3.05) is 23.3 Å². The fourth-order valence-electron chi connectivity index (χ4n) is 2.69. The molecule has 1 heterocycles. The molecule has 0 amide bonds. The summed E-state index contributed by atoms with van der Waals surface area (Å²) >= 11 is 0. The molecule has 0 spiro atoms. The number of anilines is 2. The predicted molar refractivity (Wildman–Crippen MR) is 78.3 cm³/mol. The van der Waals surface area contributed by atoms with Crippen molar-refractivity contribution in [1.82, 2.24) is 4.98 Å². The van der Waals surface area contributed by atoms with E-state index in [1.165, 1.54) is 32.1 Å². The quantitative estimate of drug-likeness (QED) is 0.860. The summed E-state index contributed by atoms with van der Waals surface area (Å²) in [6.45, 7) is 6.36. The largest absolute Gasteiger partial charge is 0.381 e. The van der Waals surface area contributed by atoms with E-state index in [-0.39, 0.29) is 0 Å². The molecule has 18 heavy (non-hydrogen) atoms. The molecule has 1 aromatic rings. The van der Waals surface area contributed by atoms with Crippen LogP contribution < -0.4 is 10.2 Å². The summed E-state index contributed by atoms with van der Waals surface area (Å²) in [7, 11) is 0. The molecule has 0 bridgehead atoms. The molecule has 0 saturated heterocycles. The van der Waals surface area contributed by atoms with Gasteiger partial charge in [0, 0.05) is 19.1 Å². The van der Waals surface area contributed by atoms with Gasteiger partial charge in [-0.25, -0.2) is 4.98 Å². The molecule has 0 aliphatic heterocycles. The summed E-state index contributed by atoms with van der Waals surface area (Å²) < 4.78 is 0. The molecule has 1 aliphatic rings. The second-order valence-corrected chi connectivity index (χ2v) is 5.06. The molecule has 0 atom stereocenters. The van der Waals surface area contributed by atoms with Gasteiger partial charge < -0.3 is 10.2 Å². The fourth-order valence-corrected chi connectivity index (χ4v) is 2.69. The van der Waals surface area contributed by atoms with E-state index >= 15 is 0 Å². The molecule has 1 aromatic heterocycles. The maximum Gasteiger partial charge on any atom is 0.128 e. The number of hydrogen-bond acceptors (Lipinski definition) is 3. The molecule has 1 fully saturated rings. The van der Waals surface area contributed by atoms with Crippen LogP contribution in [0.2, 0.25) is 0 Å². The van der Waals surface area contributed by atoms with Gasteiger partial charge in [0.15, 0.2) is 0 Å². The molecular formula is C15H25N3. The molecule has 2 rings (SSSR count). The zero-order valence-electron chi connectivity index (χ0n) is 11.7. The minimum absolute atomic E-state index is 0.653. The summed E-state index contributed by atoms with van der Waals surface area (Å²) in [5.41, 5.74) is 1.16. The van der Waals surface area contributed by atoms with E-state index in [2.05, 4.69) is 41.2 Å². The van der Waals surface area contributed by atoms with E-state index in [0.717, 1.165) is 24.6 Å². The number of hydrogen-bond donors (Lipinski definition) is 1. The maximum atomic E-state index is 4.55. The van der Waals surface area contributed by atoms with Crippen molar-refractivity contribution in [2.24, 2.45) is 0 Å². The summed E-state index contributed by atoms with van der Waals surface area (Å²) in [6, 6.07) is 4.94. The summed E-state index contributed by atoms with van der Waals surface area (Å²) in [4.78, 5) is 6.82. The smallest absolute Gasteiger partial charge is 0.128 e. The van der Waals surface area contributed by atoms with Crippen LogP contribution in [0.4, 0.5) is 11.5 Å². The highest BCUT2D eigenvalue weighted by Gasteiger charge is 2.13. The van der Waals surface area contributed by atoms with E-state index in [0.29, 0.717) is 6.04 Å². The number of rotatable bonds is 5. The molecule has 3 nitrogen and oxygen atoms in total. The summed E-state index contributed by atoms with van der Waals surface area (Å²) in [6.07, 6.45) is 8.71. The van der Waals surface area contributed by atoms with Crippen LogP contribution in [0.25, 0.3) is 0 Å². The van der Waals surface area contributed by atoms with Gasteiger partial charge in [0.2, 0.25) is 0 Å². The van der Waals surface area contributed by atoms with Gasteiger partial charge in [-0.05, 0) is 38.8 Å². The molecule has 0 radical (unpaired) electrons. The van der Waals surface area contributed by atoms with Crippen LogP contribution in [0.3, 0.4) is 0 Å². The first kappa shape index (κ1) is 13.2.